The maximum Gasteiger partial charge on any atom is 0.446 e. The van der Waals surface area contributed by atoms with E-state index in [1.165, 1.54) is 18.2 Å². The zero-order valence-electron chi connectivity index (χ0n) is 15.4. The second kappa shape index (κ2) is 7.00. The van der Waals surface area contributed by atoms with Crippen molar-refractivity contribution in [1.82, 2.24) is 0 Å². The van der Waals surface area contributed by atoms with Gasteiger partial charge in [-0.25, -0.2) is 4.79 Å². The van der Waals surface area contributed by atoms with E-state index in [4.69, 9.17) is 37.2 Å². The van der Waals surface area contributed by atoms with Gasteiger partial charge in [-0.2, -0.15) is 8.42 Å². The SMILES string of the molecule is O=C1OC2(c3cc(Cl)c(O)cc3Oc3cc(OS(=O)(=O)O)c(Cl)cc32)c2ccc(Br)cc21. The van der Waals surface area contributed by atoms with Crippen LogP contribution < -0.4 is 8.92 Å². The second-order valence-corrected chi connectivity index (χ2v) is 9.70. The first-order valence-electron chi connectivity index (χ1n) is 8.75. The molecule has 1 spiro atoms. The summed E-state index contributed by atoms with van der Waals surface area (Å²) in [4.78, 5) is 12.9. The Morgan fingerprint density at radius 3 is 2.31 bits per heavy atom. The fourth-order valence-corrected chi connectivity index (χ4v) is 5.02. The Kier molecular flexibility index (Phi) is 4.67. The highest BCUT2D eigenvalue weighted by molar-refractivity contribution is 9.10. The Balaban J connectivity index is 1.86. The minimum atomic E-state index is -4.88. The molecular formula is C20H9BrCl2O8S. The molecule has 2 aliphatic rings. The molecule has 2 heterocycles. The van der Waals surface area contributed by atoms with Gasteiger partial charge in [-0.05, 0) is 24.3 Å². The smallest absolute Gasteiger partial charge is 0.446 e. The maximum absolute atomic E-state index is 12.9. The van der Waals surface area contributed by atoms with Crippen LogP contribution in [0.1, 0.15) is 27.0 Å². The number of ether oxygens (including phenoxy) is 2. The van der Waals surface area contributed by atoms with Crippen LogP contribution in [0.2, 0.25) is 10.0 Å². The van der Waals surface area contributed by atoms with Gasteiger partial charge in [-0.1, -0.05) is 45.2 Å². The number of phenolic OH excluding ortho intramolecular Hbond substituents is 1. The van der Waals surface area contributed by atoms with Crippen molar-refractivity contribution in [3.63, 3.8) is 0 Å². The van der Waals surface area contributed by atoms with Crippen molar-refractivity contribution in [3.05, 3.63) is 79.2 Å². The van der Waals surface area contributed by atoms with Crippen LogP contribution in [0.25, 0.3) is 0 Å². The number of rotatable bonds is 2. The molecule has 12 heteroatoms. The molecule has 8 nitrogen and oxygen atoms in total. The van der Waals surface area contributed by atoms with Crippen LogP contribution in [0.5, 0.6) is 23.0 Å². The molecule has 2 aliphatic heterocycles. The largest absolute Gasteiger partial charge is 0.506 e. The molecule has 0 aromatic heterocycles. The Hall–Kier alpha value is -2.50. The van der Waals surface area contributed by atoms with E-state index in [9.17, 15) is 18.3 Å². The Bertz CT molecular complexity index is 1460. The van der Waals surface area contributed by atoms with Gasteiger partial charge in [-0.15, -0.1) is 0 Å². The molecule has 1 atom stereocenters. The summed E-state index contributed by atoms with van der Waals surface area (Å²) in [5, 5.41) is 9.91. The van der Waals surface area contributed by atoms with Gasteiger partial charge < -0.3 is 18.8 Å². The summed E-state index contributed by atoms with van der Waals surface area (Å²) >= 11 is 15.7. The molecule has 5 rings (SSSR count). The van der Waals surface area contributed by atoms with Crippen molar-refractivity contribution >= 4 is 55.5 Å². The number of carbonyl (C=O) groups is 1. The van der Waals surface area contributed by atoms with Gasteiger partial charge in [0.2, 0.25) is 0 Å². The van der Waals surface area contributed by atoms with Crippen molar-refractivity contribution < 1.29 is 36.5 Å². The highest BCUT2D eigenvalue weighted by Crippen LogP contribution is 2.58. The number of hydrogen-bond donors (Lipinski definition) is 2. The number of aromatic hydroxyl groups is 1. The van der Waals surface area contributed by atoms with Gasteiger partial charge in [0.1, 0.15) is 17.2 Å². The number of fused-ring (bicyclic) bond motifs is 6. The minimum absolute atomic E-state index is 0.00536. The molecule has 2 N–H and O–H groups in total. The summed E-state index contributed by atoms with van der Waals surface area (Å²) < 4.78 is 48.4. The fraction of sp³-hybridized carbons (Fsp3) is 0.0500. The third-order valence-electron chi connectivity index (χ3n) is 5.08. The normalized spacial score (nSPS) is 18.4. The zero-order valence-corrected chi connectivity index (χ0v) is 19.3. The average molecular weight is 560 g/mol. The third-order valence-corrected chi connectivity index (χ3v) is 6.56. The van der Waals surface area contributed by atoms with E-state index >= 15 is 0 Å². The third kappa shape index (κ3) is 3.13. The molecule has 164 valence electrons. The summed E-state index contributed by atoms with van der Waals surface area (Å²) in [7, 11) is -4.88. The molecule has 0 amide bonds. The van der Waals surface area contributed by atoms with E-state index < -0.39 is 27.7 Å². The van der Waals surface area contributed by atoms with Gasteiger partial charge in [0, 0.05) is 33.3 Å². The second-order valence-electron chi connectivity index (χ2n) is 6.95. The fourth-order valence-electron chi connectivity index (χ4n) is 3.88. The highest BCUT2D eigenvalue weighted by Gasteiger charge is 2.54. The molecule has 0 fully saturated rings. The Labute approximate surface area is 199 Å². The first-order chi connectivity index (χ1) is 15.0. The van der Waals surface area contributed by atoms with Crippen LogP contribution in [0, 0.1) is 0 Å². The molecule has 1 unspecified atom stereocenters. The molecule has 0 bridgehead atoms. The number of benzene rings is 3. The van der Waals surface area contributed by atoms with Crippen molar-refractivity contribution in [2.75, 3.05) is 0 Å². The van der Waals surface area contributed by atoms with Crippen LogP contribution in [0.3, 0.4) is 0 Å². The molecule has 0 saturated heterocycles. The minimum Gasteiger partial charge on any atom is -0.506 e. The van der Waals surface area contributed by atoms with Gasteiger partial charge in [0.05, 0.1) is 15.6 Å². The van der Waals surface area contributed by atoms with Gasteiger partial charge in [-0.3, -0.25) is 4.55 Å². The lowest BCUT2D eigenvalue weighted by Crippen LogP contribution is -2.33. The molecular weight excluding hydrogens is 551 g/mol. The molecule has 3 aromatic carbocycles. The summed E-state index contributed by atoms with van der Waals surface area (Å²) in [6, 6.07) is 10.1. The van der Waals surface area contributed by atoms with Crippen LogP contribution in [0.4, 0.5) is 0 Å². The Morgan fingerprint density at radius 2 is 1.62 bits per heavy atom. The lowest BCUT2D eigenvalue weighted by Gasteiger charge is -2.37. The average Bonchev–Trinajstić information content (AvgIpc) is 2.97. The predicted molar refractivity (Wildman–Crippen MR) is 116 cm³/mol. The molecule has 0 saturated carbocycles. The number of phenols is 1. The van der Waals surface area contributed by atoms with Crippen LogP contribution in [-0.2, 0) is 20.7 Å². The number of esters is 1. The highest BCUT2D eigenvalue weighted by atomic mass is 79.9. The van der Waals surface area contributed by atoms with E-state index in [1.807, 2.05) is 0 Å². The monoisotopic (exact) mass is 558 g/mol. The van der Waals surface area contributed by atoms with Crippen LogP contribution in [0.15, 0.2) is 46.9 Å². The maximum atomic E-state index is 12.9. The van der Waals surface area contributed by atoms with Crippen molar-refractivity contribution in [2.24, 2.45) is 0 Å². The summed E-state index contributed by atoms with van der Waals surface area (Å²) in [6.45, 7) is 0. The number of carbonyl (C=O) groups excluding carboxylic acids is 1. The summed E-state index contributed by atoms with van der Waals surface area (Å²) in [5.74, 6) is -1.20. The topological polar surface area (TPSA) is 119 Å². The van der Waals surface area contributed by atoms with E-state index in [-0.39, 0.29) is 38.4 Å². The van der Waals surface area contributed by atoms with Gasteiger partial charge >= 0.3 is 16.4 Å². The molecule has 32 heavy (non-hydrogen) atoms. The van der Waals surface area contributed by atoms with Crippen molar-refractivity contribution in [1.29, 1.82) is 0 Å². The van der Waals surface area contributed by atoms with E-state index in [1.54, 1.807) is 18.2 Å². The lowest BCUT2D eigenvalue weighted by molar-refractivity contribution is 0.0224. The first-order valence-corrected chi connectivity index (χ1v) is 11.7. The van der Waals surface area contributed by atoms with Crippen LogP contribution >= 0.6 is 39.1 Å². The standard InChI is InChI=1S/C20H9BrCl2O8S/c21-8-1-2-10-9(3-8)19(25)30-20(10)11-4-13(22)15(24)6-16(11)29-17-7-18(31-32(26,27)28)14(23)5-12(17)20/h1-7,24H,(H,26,27,28). The van der Waals surface area contributed by atoms with Gasteiger partial charge in [0.15, 0.2) is 11.4 Å². The Morgan fingerprint density at radius 1 is 0.969 bits per heavy atom. The molecule has 0 radical (unpaired) electrons. The molecule has 0 aliphatic carbocycles. The lowest BCUT2D eigenvalue weighted by atomic mass is 9.77. The number of hydrogen-bond acceptors (Lipinski definition) is 7. The first kappa shape index (κ1) is 21.4. The zero-order chi connectivity index (χ0) is 23.0. The van der Waals surface area contributed by atoms with E-state index in [2.05, 4.69) is 20.1 Å². The molecule has 3 aromatic rings. The number of halogens is 3. The van der Waals surface area contributed by atoms with Crippen LogP contribution in [-0.4, -0.2) is 24.0 Å². The predicted octanol–water partition coefficient (Wildman–Crippen LogP) is 5.21. The van der Waals surface area contributed by atoms with Crippen molar-refractivity contribution in [2.45, 2.75) is 5.60 Å². The summed E-state index contributed by atoms with van der Waals surface area (Å²) in [6.07, 6.45) is 0. The quantitative estimate of drug-likeness (QED) is 0.324. The van der Waals surface area contributed by atoms with Crippen molar-refractivity contribution in [3.8, 4) is 23.0 Å². The van der Waals surface area contributed by atoms with Gasteiger partial charge in [0.25, 0.3) is 0 Å². The van der Waals surface area contributed by atoms with E-state index in [0.29, 0.717) is 15.6 Å². The summed E-state index contributed by atoms with van der Waals surface area (Å²) in [5.41, 5.74) is -0.252. The van der Waals surface area contributed by atoms with E-state index in [0.717, 1.165) is 6.07 Å².